The minimum absolute atomic E-state index is 0.0558. The Hall–Kier alpha value is -1.56. The molecule has 0 aromatic heterocycles. The first-order valence-corrected chi connectivity index (χ1v) is 6.81. The van der Waals surface area contributed by atoms with E-state index >= 15 is 0 Å². The zero-order valence-corrected chi connectivity index (χ0v) is 12.1. The van der Waals surface area contributed by atoms with Crippen molar-refractivity contribution in [1.29, 1.82) is 0 Å². The molecule has 2 N–H and O–H groups in total. The second-order valence-corrected chi connectivity index (χ2v) is 5.31. The molecular formula is C15H20F3NO2. The number of carbonyl (C=O) groups is 1. The van der Waals surface area contributed by atoms with Gasteiger partial charge in [0.2, 0.25) is 5.91 Å². The minimum Gasteiger partial charge on any atom is -0.391 e. The SMILES string of the molecule is CC(C)C(O)CNC(=O)CCc1ccc(C(F)(F)F)cc1. The molecule has 118 valence electrons. The second-order valence-electron chi connectivity index (χ2n) is 5.31. The second kappa shape index (κ2) is 7.45. The largest absolute Gasteiger partial charge is 0.416 e. The number of benzene rings is 1. The van der Waals surface area contributed by atoms with E-state index in [1.807, 2.05) is 13.8 Å². The van der Waals surface area contributed by atoms with E-state index in [0.717, 1.165) is 12.1 Å². The monoisotopic (exact) mass is 303 g/mol. The van der Waals surface area contributed by atoms with E-state index in [4.69, 9.17) is 0 Å². The standard InChI is InChI=1S/C15H20F3NO2/c1-10(2)13(20)9-19-14(21)8-5-11-3-6-12(7-4-11)15(16,17)18/h3-4,6-7,10,13,20H,5,8-9H2,1-2H3,(H,19,21). The van der Waals surface area contributed by atoms with E-state index in [1.54, 1.807) is 0 Å². The molecule has 1 atom stereocenters. The van der Waals surface area contributed by atoms with Crippen LogP contribution < -0.4 is 5.32 Å². The van der Waals surface area contributed by atoms with Crippen molar-refractivity contribution in [3.8, 4) is 0 Å². The lowest BCUT2D eigenvalue weighted by atomic mass is 10.1. The summed E-state index contributed by atoms with van der Waals surface area (Å²) in [6.45, 7) is 3.88. The Kier molecular flexibility index (Phi) is 6.20. The molecule has 6 heteroatoms. The summed E-state index contributed by atoms with van der Waals surface area (Å²) in [6, 6.07) is 4.77. The number of nitrogens with one attached hydrogen (secondary N) is 1. The molecule has 0 spiro atoms. The fourth-order valence-electron chi connectivity index (χ4n) is 1.66. The normalized spacial score (nSPS) is 13.3. The van der Waals surface area contributed by atoms with Crippen molar-refractivity contribution in [2.24, 2.45) is 5.92 Å². The Morgan fingerprint density at radius 1 is 1.24 bits per heavy atom. The van der Waals surface area contributed by atoms with Crippen molar-refractivity contribution in [2.45, 2.75) is 39.0 Å². The molecule has 0 saturated heterocycles. The van der Waals surface area contributed by atoms with Crippen molar-refractivity contribution in [2.75, 3.05) is 6.54 Å². The number of rotatable bonds is 6. The molecule has 0 aliphatic rings. The van der Waals surface area contributed by atoms with Gasteiger partial charge in [0.25, 0.3) is 0 Å². The van der Waals surface area contributed by atoms with Crippen molar-refractivity contribution >= 4 is 5.91 Å². The van der Waals surface area contributed by atoms with E-state index in [-0.39, 0.29) is 24.8 Å². The molecule has 0 radical (unpaired) electrons. The van der Waals surface area contributed by atoms with Gasteiger partial charge in [-0.15, -0.1) is 0 Å². The van der Waals surface area contributed by atoms with Crippen LogP contribution in [0, 0.1) is 5.92 Å². The van der Waals surface area contributed by atoms with Gasteiger partial charge in [0.1, 0.15) is 0 Å². The quantitative estimate of drug-likeness (QED) is 0.849. The average molecular weight is 303 g/mol. The summed E-state index contributed by atoms with van der Waals surface area (Å²) in [5.74, 6) is -0.171. The summed E-state index contributed by atoms with van der Waals surface area (Å²) in [4.78, 5) is 11.6. The molecule has 0 bridgehead atoms. The molecule has 1 aromatic rings. The molecule has 1 amide bonds. The van der Waals surface area contributed by atoms with E-state index < -0.39 is 17.8 Å². The van der Waals surface area contributed by atoms with Crippen LogP contribution in [0.3, 0.4) is 0 Å². The van der Waals surface area contributed by atoms with Gasteiger partial charge >= 0.3 is 6.18 Å². The smallest absolute Gasteiger partial charge is 0.391 e. The molecule has 0 aliphatic carbocycles. The predicted octanol–water partition coefficient (Wildman–Crippen LogP) is 2.77. The van der Waals surface area contributed by atoms with Gasteiger partial charge < -0.3 is 10.4 Å². The van der Waals surface area contributed by atoms with Gasteiger partial charge in [-0.1, -0.05) is 26.0 Å². The van der Waals surface area contributed by atoms with Crippen LogP contribution in [0.1, 0.15) is 31.4 Å². The third-order valence-corrected chi connectivity index (χ3v) is 3.20. The van der Waals surface area contributed by atoms with E-state index in [9.17, 15) is 23.1 Å². The molecule has 0 heterocycles. The summed E-state index contributed by atoms with van der Waals surface area (Å²) in [5.41, 5.74) is -0.0293. The Bertz CT molecular complexity index is 455. The molecule has 0 saturated carbocycles. The molecule has 1 aromatic carbocycles. The number of hydrogen-bond acceptors (Lipinski definition) is 2. The number of halogens is 3. The zero-order valence-electron chi connectivity index (χ0n) is 12.1. The molecular weight excluding hydrogens is 283 g/mol. The molecule has 0 aliphatic heterocycles. The highest BCUT2D eigenvalue weighted by atomic mass is 19.4. The van der Waals surface area contributed by atoms with Crippen LogP contribution in [-0.2, 0) is 17.4 Å². The maximum Gasteiger partial charge on any atom is 0.416 e. The summed E-state index contributed by atoms with van der Waals surface area (Å²) < 4.78 is 37.2. The molecule has 1 rings (SSSR count). The lowest BCUT2D eigenvalue weighted by Crippen LogP contribution is -2.34. The first-order valence-electron chi connectivity index (χ1n) is 6.81. The first kappa shape index (κ1) is 17.5. The van der Waals surface area contributed by atoms with Gasteiger partial charge in [0.05, 0.1) is 11.7 Å². The highest BCUT2D eigenvalue weighted by molar-refractivity contribution is 5.76. The van der Waals surface area contributed by atoms with Crippen LogP contribution in [0.25, 0.3) is 0 Å². The van der Waals surface area contributed by atoms with Crippen LogP contribution in [0.2, 0.25) is 0 Å². The van der Waals surface area contributed by atoms with Gasteiger partial charge in [-0.05, 0) is 30.0 Å². The van der Waals surface area contributed by atoms with Crippen molar-refractivity contribution in [3.63, 3.8) is 0 Å². The van der Waals surface area contributed by atoms with Gasteiger partial charge in [0.15, 0.2) is 0 Å². The van der Waals surface area contributed by atoms with Crippen LogP contribution in [-0.4, -0.2) is 23.7 Å². The van der Waals surface area contributed by atoms with E-state index in [2.05, 4.69) is 5.32 Å². The van der Waals surface area contributed by atoms with Crippen molar-refractivity contribution < 1.29 is 23.1 Å². The topological polar surface area (TPSA) is 49.3 Å². The van der Waals surface area contributed by atoms with Crippen molar-refractivity contribution in [3.05, 3.63) is 35.4 Å². The number of aryl methyl sites for hydroxylation is 1. The number of aliphatic hydroxyl groups excluding tert-OH is 1. The lowest BCUT2D eigenvalue weighted by molar-refractivity contribution is -0.137. The number of amides is 1. The molecule has 0 fully saturated rings. The Labute approximate surface area is 122 Å². The third kappa shape index (κ3) is 6.16. The average Bonchev–Trinajstić information content (AvgIpc) is 2.41. The number of hydrogen-bond donors (Lipinski definition) is 2. The van der Waals surface area contributed by atoms with Gasteiger partial charge in [-0.2, -0.15) is 13.2 Å². The van der Waals surface area contributed by atoms with E-state index in [1.165, 1.54) is 12.1 Å². The van der Waals surface area contributed by atoms with Crippen molar-refractivity contribution in [1.82, 2.24) is 5.32 Å². The molecule has 21 heavy (non-hydrogen) atoms. The summed E-state index contributed by atoms with van der Waals surface area (Å²) >= 11 is 0. The van der Waals surface area contributed by atoms with Gasteiger partial charge in [0, 0.05) is 13.0 Å². The molecule has 1 unspecified atom stereocenters. The fraction of sp³-hybridized carbons (Fsp3) is 0.533. The number of alkyl halides is 3. The van der Waals surface area contributed by atoms with Crippen LogP contribution in [0.4, 0.5) is 13.2 Å². The first-order chi connectivity index (χ1) is 9.70. The minimum atomic E-state index is -4.34. The fourth-order valence-corrected chi connectivity index (χ4v) is 1.66. The van der Waals surface area contributed by atoms with Crippen LogP contribution in [0.5, 0.6) is 0 Å². The van der Waals surface area contributed by atoms with Gasteiger partial charge in [-0.3, -0.25) is 4.79 Å². The zero-order chi connectivity index (χ0) is 16.0. The number of aliphatic hydroxyl groups is 1. The third-order valence-electron chi connectivity index (χ3n) is 3.20. The highest BCUT2D eigenvalue weighted by Gasteiger charge is 2.29. The Morgan fingerprint density at radius 2 is 1.81 bits per heavy atom. The molecule has 3 nitrogen and oxygen atoms in total. The van der Waals surface area contributed by atoms with Crippen LogP contribution in [0.15, 0.2) is 24.3 Å². The summed E-state index contributed by atoms with van der Waals surface area (Å²) in [6.07, 6.45) is -4.40. The lowest BCUT2D eigenvalue weighted by Gasteiger charge is -2.15. The maximum absolute atomic E-state index is 12.4. The van der Waals surface area contributed by atoms with Gasteiger partial charge in [-0.25, -0.2) is 0 Å². The van der Waals surface area contributed by atoms with Crippen LogP contribution >= 0.6 is 0 Å². The Balaban J connectivity index is 2.40. The summed E-state index contributed by atoms with van der Waals surface area (Å²) in [7, 11) is 0. The van der Waals surface area contributed by atoms with E-state index in [0.29, 0.717) is 12.0 Å². The predicted molar refractivity (Wildman–Crippen MR) is 73.6 cm³/mol. The Morgan fingerprint density at radius 3 is 2.29 bits per heavy atom. The maximum atomic E-state index is 12.4. The summed E-state index contributed by atoms with van der Waals surface area (Å²) in [5, 5.41) is 12.1. The highest BCUT2D eigenvalue weighted by Crippen LogP contribution is 2.29. The number of carbonyl (C=O) groups excluding carboxylic acids is 1.